The van der Waals surface area contributed by atoms with Gasteiger partial charge in [-0.15, -0.1) is 0 Å². The number of carbonyl (C=O) groups is 1. The van der Waals surface area contributed by atoms with Gasteiger partial charge in [-0.05, 0) is 50.1 Å². The third-order valence-electron chi connectivity index (χ3n) is 4.00. The van der Waals surface area contributed by atoms with Crippen LogP contribution in [0, 0.1) is 6.92 Å². The smallest absolute Gasteiger partial charge is 0.250 e. The first-order chi connectivity index (χ1) is 10.4. The second-order valence-electron chi connectivity index (χ2n) is 5.68. The molecule has 0 radical (unpaired) electrons. The summed E-state index contributed by atoms with van der Waals surface area (Å²) >= 11 is 0. The second kappa shape index (κ2) is 8.71. The Hall–Kier alpha value is -1.65. The number of hydrogen-bond donors (Lipinski definition) is 3. The van der Waals surface area contributed by atoms with Crippen molar-refractivity contribution in [3.05, 3.63) is 41.5 Å². The Labute approximate surface area is 133 Å². The van der Waals surface area contributed by atoms with Gasteiger partial charge in [0.15, 0.2) is 0 Å². The van der Waals surface area contributed by atoms with Gasteiger partial charge in [0.25, 0.3) is 5.91 Å². The molecular weight excluding hydrogens is 276 g/mol. The van der Waals surface area contributed by atoms with Crippen LogP contribution in [0.5, 0.6) is 0 Å². The van der Waals surface area contributed by atoms with Crippen molar-refractivity contribution >= 4 is 12.0 Å². The van der Waals surface area contributed by atoms with Crippen LogP contribution in [0.4, 0.5) is 0 Å². The van der Waals surface area contributed by atoms with E-state index in [1.54, 1.807) is 13.1 Å². The average Bonchev–Trinajstić information content (AvgIpc) is 2.52. The Balaban J connectivity index is 2.76. The van der Waals surface area contributed by atoms with Crippen LogP contribution >= 0.6 is 0 Å². The third kappa shape index (κ3) is 4.68. The first-order valence-corrected chi connectivity index (χ1v) is 7.83. The van der Waals surface area contributed by atoms with Gasteiger partial charge in [-0.25, -0.2) is 0 Å². The summed E-state index contributed by atoms with van der Waals surface area (Å²) in [7, 11) is 1.76. The number of rotatable bonds is 8. The minimum Gasteiger partial charge on any atom is -0.382 e. The SMILES string of the molecule is C=Cc1cc(C(C)NC(=O)C(O)C(CCC)NC)ccc1C. The molecule has 1 aromatic carbocycles. The Bertz CT molecular complexity index is 514. The summed E-state index contributed by atoms with van der Waals surface area (Å²) in [6, 6.07) is 5.63. The van der Waals surface area contributed by atoms with Crippen LogP contribution in [-0.2, 0) is 4.79 Å². The lowest BCUT2D eigenvalue weighted by molar-refractivity contribution is -0.131. The first-order valence-electron chi connectivity index (χ1n) is 7.83. The number of nitrogens with one attached hydrogen (secondary N) is 2. The van der Waals surface area contributed by atoms with Crippen LogP contribution in [0.2, 0.25) is 0 Å². The first kappa shape index (κ1) is 18.4. The number of aryl methyl sites for hydroxylation is 1. The zero-order valence-corrected chi connectivity index (χ0v) is 14.0. The molecule has 1 rings (SSSR count). The zero-order valence-electron chi connectivity index (χ0n) is 14.0. The van der Waals surface area contributed by atoms with Gasteiger partial charge >= 0.3 is 0 Å². The highest BCUT2D eigenvalue weighted by Crippen LogP contribution is 2.18. The van der Waals surface area contributed by atoms with Crippen LogP contribution in [0.25, 0.3) is 6.08 Å². The van der Waals surface area contributed by atoms with Gasteiger partial charge < -0.3 is 15.7 Å². The molecule has 0 aliphatic carbocycles. The predicted molar refractivity (Wildman–Crippen MR) is 91.6 cm³/mol. The predicted octanol–water partition coefficient (Wildman–Crippen LogP) is 2.56. The van der Waals surface area contributed by atoms with Crippen LogP contribution in [0.3, 0.4) is 0 Å². The molecule has 3 atom stereocenters. The fraction of sp³-hybridized carbons (Fsp3) is 0.500. The van der Waals surface area contributed by atoms with Gasteiger partial charge in [0.2, 0.25) is 0 Å². The van der Waals surface area contributed by atoms with Gasteiger partial charge in [0.05, 0.1) is 6.04 Å². The molecule has 0 heterocycles. The van der Waals surface area contributed by atoms with E-state index >= 15 is 0 Å². The van der Waals surface area contributed by atoms with E-state index in [2.05, 4.69) is 17.2 Å². The molecular formula is C18H28N2O2. The minimum absolute atomic E-state index is 0.166. The van der Waals surface area contributed by atoms with Crippen LogP contribution in [0.1, 0.15) is 49.4 Å². The zero-order chi connectivity index (χ0) is 16.7. The fourth-order valence-corrected chi connectivity index (χ4v) is 2.48. The number of likely N-dealkylation sites (N-methyl/N-ethyl adjacent to an activating group) is 1. The Morgan fingerprint density at radius 1 is 1.45 bits per heavy atom. The van der Waals surface area contributed by atoms with Crippen LogP contribution in [0.15, 0.2) is 24.8 Å². The monoisotopic (exact) mass is 304 g/mol. The number of hydrogen-bond acceptors (Lipinski definition) is 3. The van der Waals surface area contributed by atoms with E-state index in [9.17, 15) is 9.90 Å². The van der Waals surface area contributed by atoms with E-state index in [4.69, 9.17) is 0 Å². The quantitative estimate of drug-likeness (QED) is 0.692. The molecule has 0 fully saturated rings. The summed E-state index contributed by atoms with van der Waals surface area (Å²) in [6.45, 7) is 9.77. The summed E-state index contributed by atoms with van der Waals surface area (Å²) in [6.07, 6.45) is 2.42. The van der Waals surface area contributed by atoms with Crippen molar-refractivity contribution in [2.75, 3.05) is 7.05 Å². The molecule has 3 unspecified atom stereocenters. The van der Waals surface area contributed by atoms with Gasteiger partial charge in [-0.2, -0.15) is 0 Å². The van der Waals surface area contributed by atoms with Crippen molar-refractivity contribution in [1.82, 2.24) is 10.6 Å². The number of benzene rings is 1. The van der Waals surface area contributed by atoms with E-state index in [0.29, 0.717) is 0 Å². The number of amides is 1. The average molecular weight is 304 g/mol. The van der Waals surface area contributed by atoms with Gasteiger partial charge in [-0.3, -0.25) is 4.79 Å². The molecule has 0 saturated heterocycles. The van der Waals surface area contributed by atoms with Crippen molar-refractivity contribution < 1.29 is 9.90 Å². The lowest BCUT2D eigenvalue weighted by atomic mass is 10.00. The van der Waals surface area contributed by atoms with Crippen molar-refractivity contribution in [2.45, 2.75) is 51.8 Å². The molecule has 22 heavy (non-hydrogen) atoms. The molecule has 0 aromatic heterocycles. The van der Waals surface area contributed by atoms with E-state index in [-0.39, 0.29) is 18.0 Å². The highest BCUT2D eigenvalue weighted by molar-refractivity contribution is 5.81. The van der Waals surface area contributed by atoms with Crippen molar-refractivity contribution in [3.63, 3.8) is 0 Å². The van der Waals surface area contributed by atoms with Gasteiger partial charge in [0, 0.05) is 6.04 Å². The minimum atomic E-state index is -1.04. The van der Waals surface area contributed by atoms with Gasteiger partial charge in [-0.1, -0.05) is 38.1 Å². The molecule has 1 aromatic rings. The molecule has 4 nitrogen and oxygen atoms in total. The van der Waals surface area contributed by atoms with Crippen molar-refractivity contribution in [1.29, 1.82) is 0 Å². The normalized spacial score (nSPS) is 15.0. The van der Waals surface area contributed by atoms with Crippen LogP contribution in [-0.4, -0.2) is 30.2 Å². The summed E-state index contributed by atoms with van der Waals surface area (Å²) < 4.78 is 0. The summed E-state index contributed by atoms with van der Waals surface area (Å²) in [5.74, 6) is -0.346. The fourth-order valence-electron chi connectivity index (χ4n) is 2.48. The Morgan fingerprint density at radius 2 is 2.14 bits per heavy atom. The van der Waals surface area contributed by atoms with E-state index in [1.807, 2.05) is 39.0 Å². The topological polar surface area (TPSA) is 61.4 Å². The maximum atomic E-state index is 12.2. The van der Waals surface area contributed by atoms with Crippen molar-refractivity contribution in [2.24, 2.45) is 0 Å². The molecule has 0 spiro atoms. The molecule has 3 N–H and O–H groups in total. The molecule has 122 valence electrons. The molecule has 4 heteroatoms. The molecule has 0 aliphatic rings. The number of carbonyl (C=O) groups excluding carboxylic acids is 1. The maximum Gasteiger partial charge on any atom is 0.250 e. The van der Waals surface area contributed by atoms with E-state index < -0.39 is 6.10 Å². The third-order valence-corrected chi connectivity index (χ3v) is 4.00. The molecule has 1 amide bonds. The van der Waals surface area contributed by atoms with Gasteiger partial charge in [0.1, 0.15) is 6.10 Å². The molecule has 0 bridgehead atoms. The molecule has 0 aliphatic heterocycles. The standard InChI is InChI=1S/C18H28N2O2/c1-6-8-16(19-5)17(21)18(22)20-13(4)15-10-9-12(3)14(7-2)11-15/h7,9-11,13,16-17,19,21H,2,6,8H2,1,3-5H3,(H,20,22). The van der Waals surface area contributed by atoms with Crippen LogP contribution < -0.4 is 10.6 Å². The summed E-state index contributed by atoms with van der Waals surface area (Å²) in [4.78, 5) is 12.2. The largest absolute Gasteiger partial charge is 0.382 e. The van der Waals surface area contributed by atoms with E-state index in [0.717, 1.165) is 29.5 Å². The highest BCUT2D eigenvalue weighted by atomic mass is 16.3. The lowest BCUT2D eigenvalue weighted by Crippen LogP contribution is -2.48. The lowest BCUT2D eigenvalue weighted by Gasteiger charge is -2.23. The summed E-state index contributed by atoms with van der Waals surface area (Å²) in [5, 5.41) is 16.0. The second-order valence-corrected chi connectivity index (χ2v) is 5.68. The Kier molecular flexibility index (Phi) is 7.28. The summed E-state index contributed by atoms with van der Waals surface area (Å²) in [5.41, 5.74) is 3.20. The van der Waals surface area contributed by atoms with Crippen molar-refractivity contribution in [3.8, 4) is 0 Å². The molecule has 0 saturated carbocycles. The number of aliphatic hydroxyl groups is 1. The highest BCUT2D eigenvalue weighted by Gasteiger charge is 2.25. The number of aliphatic hydroxyl groups excluding tert-OH is 1. The van der Waals surface area contributed by atoms with E-state index in [1.165, 1.54) is 0 Å². The maximum absolute atomic E-state index is 12.2. The Morgan fingerprint density at radius 3 is 2.68 bits per heavy atom.